The number of aldehydes is 1. The van der Waals surface area contributed by atoms with Gasteiger partial charge in [0.05, 0.1) is 16.8 Å². The van der Waals surface area contributed by atoms with Gasteiger partial charge in [-0.1, -0.05) is 36.4 Å². The monoisotopic (exact) mass is 434 g/mol. The third-order valence-electron chi connectivity index (χ3n) is 5.88. The van der Waals surface area contributed by atoms with Gasteiger partial charge in [0, 0.05) is 16.6 Å². The van der Waals surface area contributed by atoms with Crippen LogP contribution in [-0.2, 0) is 15.5 Å². The molecule has 3 rings (SSSR count). The van der Waals surface area contributed by atoms with Crippen molar-refractivity contribution in [1.82, 2.24) is 0 Å². The summed E-state index contributed by atoms with van der Waals surface area (Å²) in [6.45, 7) is 8.93. The van der Waals surface area contributed by atoms with Gasteiger partial charge in [0.25, 0.3) is 0 Å². The Labute approximate surface area is 179 Å². The van der Waals surface area contributed by atoms with Crippen LogP contribution in [0.15, 0.2) is 30.3 Å². The van der Waals surface area contributed by atoms with E-state index in [0.717, 1.165) is 6.07 Å². The Morgan fingerprint density at radius 1 is 0.935 bits per heavy atom. The Morgan fingerprint density at radius 2 is 1.52 bits per heavy atom. The van der Waals surface area contributed by atoms with Crippen LogP contribution >= 0.6 is 0 Å². The molecule has 0 spiro atoms. The Kier molecular flexibility index (Phi) is 5.93. The van der Waals surface area contributed by atoms with E-state index in [-0.39, 0.29) is 22.2 Å². The first-order valence-electron chi connectivity index (χ1n) is 9.76. The summed E-state index contributed by atoms with van der Waals surface area (Å²) >= 11 is 0. The number of benzene rings is 2. The van der Waals surface area contributed by atoms with Gasteiger partial charge in [-0.2, -0.15) is 13.2 Å². The third-order valence-corrected chi connectivity index (χ3v) is 5.88. The number of alkyl halides is 3. The standard InChI is InChI=1S/C23H23BF4O3/c1-14-11-16(18(23(26,27)28)12-17(14)13-29)10-9-15-7-6-8-19(20(15)25)24-30-21(2,3)22(4,5)31-24/h6-13H,1-5H3/b10-9+. The highest BCUT2D eigenvalue weighted by Crippen LogP contribution is 2.37. The number of hydrogen-bond donors (Lipinski definition) is 0. The second-order valence-corrected chi connectivity index (χ2v) is 8.58. The number of rotatable bonds is 4. The van der Waals surface area contributed by atoms with Gasteiger partial charge >= 0.3 is 13.3 Å². The van der Waals surface area contributed by atoms with Crippen molar-refractivity contribution in [2.75, 3.05) is 0 Å². The molecule has 0 saturated carbocycles. The van der Waals surface area contributed by atoms with Crippen LogP contribution in [0.4, 0.5) is 17.6 Å². The summed E-state index contributed by atoms with van der Waals surface area (Å²) in [7, 11) is -0.932. The maximum absolute atomic E-state index is 15.2. The molecule has 3 nitrogen and oxygen atoms in total. The zero-order valence-corrected chi connectivity index (χ0v) is 17.9. The van der Waals surface area contributed by atoms with E-state index >= 15 is 4.39 Å². The summed E-state index contributed by atoms with van der Waals surface area (Å²) in [5, 5.41) is 0. The van der Waals surface area contributed by atoms with E-state index in [0.29, 0.717) is 11.8 Å². The fourth-order valence-corrected chi connectivity index (χ4v) is 3.29. The molecule has 8 heteroatoms. The van der Waals surface area contributed by atoms with E-state index in [4.69, 9.17) is 9.31 Å². The highest BCUT2D eigenvalue weighted by molar-refractivity contribution is 6.62. The smallest absolute Gasteiger partial charge is 0.399 e. The maximum atomic E-state index is 15.2. The van der Waals surface area contributed by atoms with E-state index in [1.165, 1.54) is 30.4 Å². The van der Waals surface area contributed by atoms with Crippen LogP contribution in [0.25, 0.3) is 12.2 Å². The van der Waals surface area contributed by atoms with Crippen LogP contribution in [0.3, 0.4) is 0 Å². The molecule has 0 bridgehead atoms. The minimum Gasteiger partial charge on any atom is -0.399 e. The molecule has 0 amide bonds. The van der Waals surface area contributed by atoms with Gasteiger partial charge in [-0.15, -0.1) is 0 Å². The van der Waals surface area contributed by atoms with Gasteiger partial charge in [0.15, 0.2) is 0 Å². The van der Waals surface area contributed by atoms with Gasteiger partial charge in [0.1, 0.15) is 12.1 Å². The zero-order valence-electron chi connectivity index (χ0n) is 17.9. The van der Waals surface area contributed by atoms with Crippen LogP contribution in [0.2, 0.25) is 0 Å². The molecule has 0 aromatic heterocycles. The summed E-state index contributed by atoms with van der Waals surface area (Å²) < 4.78 is 67.3. The molecule has 0 radical (unpaired) electrons. The highest BCUT2D eigenvalue weighted by atomic mass is 19.4. The van der Waals surface area contributed by atoms with Crippen LogP contribution in [0, 0.1) is 12.7 Å². The van der Waals surface area contributed by atoms with Gasteiger partial charge in [-0.3, -0.25) is 4.79 Å². The van der Waals surface area contributed by atoms with Gasteiger partial charge in [0.2, 0.25) is 0 Å². The molecular formula is C23H23BF4O3. The summed E-state index contributed by atoms with van der Waals surface area (Å²) in [6.07, 6.45) is -1.81. The van der Waals surface area contributed by atoms with E-state index in [1.807, 2.05) is 27.7 Å². The quantitative estimate of drug-likeness (QED) is 0.279. The van der Waals surface area contributed by atoms with E-state index < -0.39 is 35.9 Å². The molecule has 0 N–H and O–H groups in total. The maximum Gasteiger partial charge on any atom is 0.497 e. The van der Waals surface area contributed by atoms with E-state index in [9.17, 15) is 18.0 Å². The summed E-state index contributed by atoms with van der Waals surface area (Å²) in [4.78, 5) is 11.0. The highest BCUT2D eigenvalue weighted by Gasteiger charge is 2.52. The number of carbonyl (C=O) groups is 1. The minimum atomic E-state index is -4.66. The van der Waals surface area contributed by atoms with Crippen molar-refractivity contribution in [2.24, 2.45) is 0 Å². The lowest BCUT2D eigenvalue weighted by Crippen LogP contribution is -2.41. The molecule has 1 aliphatic rings. The van der Waals surface area contributed by atoms with Gasteiger partial charge in [-0.25, -0.2) is 4.39 Å². The predicted octanol–water partition coefficient (Wildman–Crippen LogP) is 5.44. The van der Waals surface area contributed by atoms with Crippen molar-refractivity contribution >= 4 is 31.0 Å². The van der Waals surface area contributed by atoms with Crippen molar-refractivity contribution in [3.63, 3.8) is 0 Å². The van der Waals surface area contributed by atoms with Gasteiger partial charge in [-0.05, 0) is 51.8 Å². The largest absolute Gasteiger partial charge is 0.497 e. The van der Waals surface area contributed by atoms with Gasteiger partial charge < -0.3 is 9.31 Å². The number of hydrogen-bond acceptors (Lipinski definition) is 3. The lowest BCUT2D eigenvalue weighted by molar-refractivity contribution is -0.137. The molecule has 1 aliphatic heterocycles. The molecule has 164 valence electrons. The van der Waals surface area contributed by atoms with Crippen LogP contribution in [0.1, 0.15) is 60.3 Å². The van der Waals surface area contributed by atoms with Crippen molar-refractivity contribution in [1.29, 1.82) is 0 Å². The van der Waals surface area contributed by atoms with Crippen LogP contribution in [0.5, 0.6) is 0 Å². The zero-order chi connectivity index (χ0) is 23.2. The molecular weight excluding hydrogens is 411 g/mol. The molecule has 2 aromatic carbocycles. The topological polar surface area (TPSA) is 35.5 Å². The summed E-state index contributed by atoms with van der Waals surface area (Å²) in [5.41, 5.74) is -1.81. The van der Waals surface area contributed by atoms with Crippen LogP contribution in [-0.4, -0.2) is 24.6 Å². The molecule has 0 aliphatic carbocycles. The molecule has 0 atom stereocenters. The SMILES string of the molecule is Cc1cc(/C=C/c2cccc(B3OC(C)(C)C(C)(C)O3)c2F)c(C(F)(F)F)cc1C=O. The third kappa shape index (κ3) is 4.46. The number of aryl methyl sites for hydroxylation is 1. The normalized spacial score (nSPS) is 18.0. The first-order valence-corrected chi connectivity index (χ1v) is 9.76. The Balaban J connectivity index is 1.99. The average Bonchev–Trinajstić information content (AvgIpc) is 2.87. The predicted molar refractivity (Wildman–Crippen MR) is 113 cm³/mol. The Bertz CT molecular complexity index is 1030. The number of halogens is 4. The van der Waals surface area contributed by atoms with Crippen molar-refractivity contribution in [3.8, 4) is 0 Å². The second kappa shape index (κ2) is 7.91. The lowest BCUT2D eigenvalue weighted by Gasteiger charge is -2.32. The minimum absolute atomic E-state index is 0.0431. The molecule has 31 heavy (non-hydrogen) atoms. The molecule has 1 fully saturated rings. The molecule has 1 heterocycles. The number of carbonyl (C=O) groups excluding carboxylic acids is 1. The molecule has 2 aromatic rings. The van der Waals surface area contributed by atoms with Crippen molar-refractivity contribution in [3.05, 3.63) is 64.0 Å². The fraction of sp³-hybridized carbons (Fsp3) is 0.348. The fourth-order valence-electron chi connectivity index (χ4n) is 3.29. The first-order chi connectivity index (χ1) is 14.3. The van der Waals surface area contributed by atoms with Crippen molar-refractivity contribution < 1.29 is 31.7 Å². The Hall–Kier alpha value is -2.45. The summed E-state index contributed by atoms with van der Waals surface area (Å²) in [5.74, 6) is -0.632. The molecule has 1 saturated heterocycles. The Morgan fingerprint density at radius 3 is 2.06 bits per heavy atom. The molecule has 0 unspecified atom stereocenters. The lowest BCUT2D eigenvalue weighted by atomic mass is 9.77. The second-order valence-electron chi connectivity index (χ2n) is 8.58. The first kappa shape index (κ1) is 23.2. The summed E-state index contributed by atoms with van der Waals surface area (Å²) in [6, 6.07) is 6.65. The van der Waals surface area contributed by atoms with Crippen molar-refractivity contribution in [2.45, 2.75) is 52.0 Å². The van der Waals surface area contributed by atoms with E-state index in [2.05, 4.69) is 0 Å². The average molecular weight is 434 g/mol. The van der Waals surface area contributed by atoms with E-state index in [1.54, 1.807) is 13.0 Å². The van der Waals surface area contributed by atoms with Crippen LogP contribution < -0.4 is 5.46 Å².